The van der Waals surface area contributed by atoms with Crippen LogP contribution in [0.5, 0.6) is 0 Å². The van der Waals surface area contributed by atoms with Crippen LogP contribution in [0.15, 0.2) is 18.2 Å². The number of benzene rings is 1. The molecule has 1 atom stereocenters. The Labute approximate surface area is 136 Å². The molecule has 0 fully saturated rings. The van der Waals surface area contributed by atoms with Crippen molar-refractivity contribution in [1.82, 2.24) is 5.32 Å². The summed E-state index contributed by atoms with van der Waals surface area (Å²) in [5, 5.41) is 2.99. The molecule has 0 spiro atoms. The fourth-order valence-corrected chi connectivity index (χ4v) is 4.04. The number of aryl methyl sites for hydroxylation is 1. The number of halogens is 1. The van der Waals surface area contributed by atoms with Crippen LogP contribution in [0.1, 0.15) is 72.3 Å². The molecule has 116 valence electrons. The largest absolute Gasteiger partial charge is 0.352 e. The Kier molecular flexibility index (Phi) is 6.28. The first-order valence-corrected chi connectivity index (χ1v) is 9.14. The standard InChI is InChI=1S/C18H26BrNO/c1-3-6-14(7-4-2)17(19)15-10-9-13-8-5-11-20-18(21)16(13)12-15/h9-10,12,14,17H,3-8,11H2,1-2H3,(H,20,21). The van der Waals surface area contributed by atoms with Gasteiger partial charge in [-0.1, -0.05) is 54.8 Å². The zero-order valence-electron chi connectivity index (χ0n) is 13.1. The summed E-state index contributed by atoms with van der Waals surface area (Å²) < 4.78 is 0. The number of nitrogens with one attached hydrogen (secondary N) is 1. The SMILES string of the molecule is CCCC(CCC)C(Br)c1ccc2c(c1)C(=O)NCCC2. The van der Waals surface area contributed by atoms with Gasteiger partial charge < -0.3 is 5.32 Å². The zero-order valence-corrected chi connectivity index (χ0v) is 14.7. The molecule has 1 amide bonds. The fourth-order valence-electron chi connectivity index (χ4n) is 3.22. The maximum Gasteiger partial charge on any atom is 0.251 e. The highest BCUT2D eigenvalue weighted by atomic mass is 79.9. The van der Waals surface area contributed by atoms with E-state index in [0.29, 0.717) is 10.7 Å². The molecule has 1 unspecified atom stereocenters. The van der Waals surface area contributed by atoms with E-state index in [4.69, 9.17) is 0 Å². The number of rotatable bonds is 6. The summed E-state index contributed by atoms with van der Waals surface area (Å²) in [6.45, 7) is 5.27. The number of hydrogen-bond acceptors (Lipinski definition) is 1. The van der Waals surface area contributed by atoms with Gasteiger partial charge in [-0.3, -0.25) is 4.79 Å². The van der Waals surface area contributed by atoms with Crippen molar-refractivity contribution in [2.75, 3.05) is 6.54 Å². The third-order valence-corrected chi connectivity index (χ3v) is 5.61. The lowest BCUT2D eigenvalue weighted by atomic mass is 9.89. The van der Waals surface area contributed by atoms with E-state index >= 15 is 0 Å². The molecule has 2 nitrogen and oxygen atoms in total. The van der Waals surface area contributed by atoms with Gasteiger partial charge in [-0.25, -0.2) is 0 Å². The first kappa shape index (κ1) is 16.5. The van der Waals surface area contributed by atoms with Crippen LogP contribution in [0.2, 0.25) is 0 Å². The maximum absolute atomic E-state index is 12.2. The smallest absolute Gasteiger partial charge is 0.251 e. The Balaban J connectivity index is 2.25. The summed E-state index contributed by atoms with van der Waals surface area (Å²) in [7, 11) is 0. The minimum Gasteiger partial charge on any atom is -0.352 e. The lowest BCUT2D eigenvalue weighted by Crippen LogP contribution is -2.22. The average molecular weight is 352 g/mol. The molecule has 1 aliphatic rings. The molecule has 1 heterocycles. The Morgan fingerprint density at radius 2 is 1.95 bits per heavy atom. The van der Waals surface area contributed by atoms with Gasteiger partial charge >= 0.3 is 0 Å². The molecule has 1 N–H and O–H groups in total. The second-order valence-corrected chi connectivity index (χ2v) is 7.00. The first-order chi connectivity index (χ1) is 10.2. The number of hydrogen-bond donors (Lipinski definition) is 1. The molecule has 0 radical (unpaired) electrons. The molecule has 3 heteroatoms. The number of carbonyl (C=O) groups excluding carboxylic acids is 1. The number of fused-ring (bicyclic) bond motifs is 1. The predicted octanol–water partition coefficient (Wildman–Crippen LogP) is 5.02. The highest BCUT2D eigenvalue weighted by molar-refractivity contribution is 9.09. The van der Waals surface area contributed by atoms with Crippen molar-refractivity contribution in [1.29, 1.82) is 0 Å². The maximum atomic E-state index is 12.2. The molecular weight excluding hydrogens is 326 g/mol. The first-order valence-electron chi connectivity index (χ1n) is 8.22. The van der Waals surface area contributed by atoms with Crippen LogP contribution in [0.3, 0.4) is 0 Å². The summed E-state index contributed by atoms with van der Waals surface area (Å²) in [6.07, 6.45) is 6.90. The van der Waals surface area contributed by atoms with Crippen molar-refractivity contribution >= 4 is 21.8 Å². The molecule has 0 bridgehead atoms. The van der Waals surface area contributed by atoms with Crippen LogP contribution >= 0.6 is 15.9 Å². The van der Waals surface area contributed by atoms with Crippen LogP contribution in [-0.2, 0) is 6.42 Å². The minimum atomic E-state index is 0.0894. The third-order valence-electron chi connectivity index (χ3n) is 4.34. The predicted molar refractivity (Wildman–Crippen MR) is 92.1 cm³/mol. The van der Waals surface area contributed by atoms with Gasteiger partial charge in [0.1, 0.15) is 0 Å². The van der Waals surface area contributed by atoms with Gasteiger partial charge in [0.2, 0.25) is 0 Å². The summed E-state index contributed by atoms with van der Waals surface area (Å²) in [4.78, 5) is 12.5. The highest BCUT2D eigenvalue weighted by Crippen LogP contribution is 2.37. The summed E-state index contributed by atoms with van der Waals surface area (Å²) in [5.74, 6) is 0.735. The van der Waals surface area contributed by atoms with Crippen molar-refractivity contribution in [3.05, 3.63) is 34.9 Å². The van der Waals surface area contributed by atoms with E-state index in [1.807, 2.05) is 0 Å². The van der Waals surface area contributed by atoms with E-state index < -0.39 is 0 Å². The van der Waals surface area contributed by atoms with Crippen molar-refractivity contribution in [3.8, 4) is 0 Å². The molecule has 0 aliphatic carbocycles. The lowest BCUT2D eigenvalue weighted by Gasteiger charge is -2.23. The quantitative estimate of drug-likeness (QED) is 0.716. The van der Waals surface area contributed by atoms with E-state index in [1.165, 1.54) is 36.8 Å². The Bertz CT molecular complexity index is 480. The van der Waals surface area contributed by atoms with Crippen LogP contribution < -0.4 is 5.32 Å². The summed E-state index contributed by atoms with van der Waals surface area (Å²) >= 11 is 3.89. The Hall–Kier alpha value is -0.830. The fraction of sp³-hybridized carbons (Fsp3) is 0.611. The van der Waals surface area contributed by atoms with E-state index in [0.717, 1.165) is 24.9 Å². The zero-order chi connectivity index (χ0) is 15.2. The molecule has 0 saturated heterocycles. The molecular formula is C18H26BrNO. The third kappa shape index (κ3) is 4.09. The van der Waals surface area contributed by atoms with E-state index in [-0.39, 0.29) is 5.91 Å². The highest BCUT2D eigenvalue weighted by Gasteiger charge is 2.22. The molecule has 21 heavy (non-hydrogen) atoms. The van der Waals surface area contributed by atoms with Crippen molar-refractivity contribution < 1.29 is 4.79 Å². The molecule has 1 aromatic rings. The van der Waals surface area contributed by atoms with Crippen molar-refractivity contribution in [2.24, 2.45) is 5.92 Å². The van der Waals surface area contributed by atoms with Gasteiger partial charge in [-0.05, 0) is 48.8 Å². The van der Waals surface area contributed by atoms with Crippen LogP contribution in [-0.4, -0.2) is 12.5 Å². The Morgan fingerprint density at radius 1 is 1.24 bits per heavy atom. The van der Waals surface area contributed by atoms with Gasteiger partial charge in [0.25, 0.3) is 5.91 Å². The summed E-state index contributed by atoms with van der Waals surface area (Å²) in [5.41, 5.74) is 3.31. The van der Waals surface area contributed by atoms with Crippen LogP contribution in [0, 0.1) is 5.92 Å². The van der Waals surface area contributed by atoms with E-state index in [1.54, 1.807) is 0 Å². The van der Waals surface area contributed by atoms with Crippen LogP contribution in [0.25, 0.3) is 0 Å². The van der Waals surface area contributed by atoms with Gasteiger partial charge in [0.15, 0.2) is 0 Å². The van der Waals surface area contributed by atoms with Crippen molar-refractivity contribution in [2.45, 2.75) is 57.2 Å². The van der Waals surface area contributed by atoms with Crippen molar-refractivity contribution in [3.63, 3.8) is 0 Å². The van der Waals surface area contributed by atoms with Gasteiger partial charge in [0, 0.05) is 16.9 Å². The minimum absolute atomic E-state index is 0.0894. The number of alkyl halides is 1. The molecule has 1 aliphatic heterocycles. The molecule has 1 aromatic carbocycles. The average Bonchev–Trinajstić information content (AvgIpc) is 2.68. The Morgan fingerprint density at radius 3 is 2.62 bits per heavy atom. The molecule has 0 aromatic heterocycles. The van der Waals surface area contributed by atoms with Gasteiger partial charge in [0.05, 0.1) is 0 Å². The van der Waals surface area contributed by atoms with E-state index in [9.17, 15) is 4.79 Å². The molecule has 2 rings (SSSR count). The van der Waals surface area contributed by atoms with Gasteiger partial charge in [-0.15, -0.1) is 0 Å². The normalized spacial score (nSPS) is 16.3. The second kappa shape index (κ2) is 7.98. The van der Waals surface area contributed by atoms with Gasteiger partial charge in [-0.2, -0.15) is 0 Å². The molecule has 0 saturated carbocycles. The second-order valence-electron chi connectivity index (χ2n) is 6.02. The summed E-state index contributed by atoms with van der Waals surface area (Å²) in [6, 6.07) is 6.46. The van der Waals surface area contributed by atoms with E-state index in [2.05, 4.69) is 53.3 Å². The number of carbonyl (C=O) groups is 1. The monoisotopic (exact) mass is 351 g/mol. The lowest BCUT2D eigenvalue weighted by molar-refractivity contribution is 0.0956. The van der Waals surface area contributed by atoms with Crippen LogP contribution in [0.4, 0.5) is 0 Å². The number of amides is 1. The topological polar surface area (TPSA) is 29.1 Å².